The van der Waals surface area contributed by atoms with E-state index in [1.165, 1.54) is 22.9 Å². The fraction of sp³-hybridized carbons (Fsp3) is 0.222. The highest BCUT2D eigenvalue weighted by molar-refractivity contribution is 8.14. The summed E-state index contributed by atoms with van der Waals surface area (Å²) in [5.74, 6) is 0. The Balaban J connectivity index is 2.51. The quantitative estimate of drug-likeness (QED) is 0.584. The number of thioether (sulfide) groups is 1. The van der Waals surface area contributed by atoms with Crippen LogP contribution in [-0.4, -0.2) is 5.12 Å². The van der Waals surface area contributed by atoms with Crippen LogP contribution in [0.15, 0.2) is 23.1 Å². The van der Waals surface area contributed by atoms with Crippen LogP contribution in [-0.2, 0) is 11.2 Å². The number of hydrogen-bond acceptors (Lipinski definition) is 2. The third-order valence-corrected chi connectivity index (χ3v) is 2.76. The van der Waals surface area contributed by atoms with E-state index in [-0.39, 0.29) is 5.12 Å². The molecule has 0 fully saturated rings. The molecule has 2 heteroatoms. The topological polar surface area (TPSA) is 17.1 Å². The fourth-order valence-electron chi connectivity index (χ4n) is 1.26. The third-order valence-electron chi connectivity index (χ3n) is 1.77. The molecule has 1 aromatic carbocycles. The van der Waals surface area contributed by atoms with Gasteiger partial charge in [-0.15, -0.1) is 0 Å². The summed E-state index contributed by atoms with van der Waals surface area (Å²) in [7, 11) is 0. The van der Waals surface area contributed by atoms with E-state index >= 15 is 0 Å². The van der Waals surface area contributed by atoms with Gasteiger partial charge in [0.05, 0.1) is 0 Å². The van der Waals surface area contributed by atoms with Crippen molar-refractivity contribution in [1.82, 2.24) is 0 Å². The van der Waals surface area contributed by atoms with Gasteiger partial charge in [0.25, 0.3) is 0 Å². The molecule has 0 aromatic heterocycles. The minimum Gasteiger partial charge on any atom is -0.286 e. The van der Waals surface area contributed by atoms with Crippen LogP contribution in [0.5, 0.6) is 0 Å². The molecular weight excluding hydrogens is 156 g/mol. The summed E-state index contributed by atoms with van der Waals surface area (Å²) in [5.41, 5.74) is 2.43. The van der Waals surface area contributed by atoms with Crippen LogP contribution < -0.4 is 0 Å². The molecule has 0 spiro atoms. The summed E-state index contributed by atoms with van der Waals surface area (Å²) >= 11 is 1.36. The van der Waals surface area contributed by atoms with Crippen LogP contribution in [0.4, 0.5) is 0 Å². The average Bonchev–Trinajstić information content (AvgIpc) is 2.27. The Labute approximate surface area is 69.8 Å². The zero-order valence-electron chi connectivity index (χ0n) is 6.26. The minimum atomic E-state index is 0.269. The Morgan fingerprint density at radius 2 is 2.27 bits per heavy atom. The SMILES string of the molecule is Cc1ccc2c(c1)CC(=O)S2. The normalized spacial score (nSPS) is 15.2. The first-order valence-electron chi connectivity index (χ1n) is 3.56. The second-order valence-corrected chi connectivity index (χ2v) is 3.86. The molecule has 1 heterocycles. The molecule has 0 unspecified atom stereocenters. The van der Waals surface area contributed by atoms with Crippen molar-refractivity contribution >= 4 is 16.9 Å². The summed E-state index contributed by atoms with van der Waals surface area (Å²) < 4.78 is 0. The van der Waals surface area contributed by atoms with Crippen LogP contribution in [0, 0.1) is 6.92 Å². The Kier molecular flexibility index (Phi) is 1.50. The van der Waals surface area contributed by atoms with Crippen LogP contribution in [0.1, 0.15) is 11.1 Å². The van der Waals surface area contributed by atoms with Crippen molar-refractivity contribution in [1.29, 1.82) is 0 Å². The molecule has 0 bridgehead atoms. The summed E-state index contributed by atoms with van der Waals surface area (Å²) in [6.07, 6.45) is 0.613. The number of hydrogen-bond donors (Lipinski definition) is 0. The molecule has 0 aliphatic carbocycles. The Morgan fingerprint density at radius 3 is 3.09 bits per heavy atom. The van der Waals surface area contributed by atoms with Gasteiger partial charge in [0, 0.05) is 11.3 Å². The Morgan fingerprint density at radius 1 is 1.45 bits per heavy atom. The smallest absolute Gasteiger partial charge is 0.198 e. The van der Waals surface area contributed by atoms with E-state index in [0.29, 0.717) is 6.42 Å². The summed E-state index contributed by atoms with van der Waals surface area (Å²) in [6, 6.07) is 6.16. The first-order chi connectivity index (χ1) is 5.25. The maximum atomic E-state index is 11.0. The molecule has 1 nitrogen and oxygen atoms in total. The second kappa shape index (κ2) is 2.38. The highest BCUT2D eigenvalue weighted by atomic mass is 32.2. The van der Waals surface area contributed by atoms with Gasteiger partial charge in [-0.25, -0.2) is 0 Å². The predicted octanol–water partition coefficient (Wildman–Crippen LogP) is 2.17. The first kappa shape index (κ1) is 6.92. The third kappa shape index (κ3) is 1.18. The summed E-state index contributed by atoms with van der Waals surface area (Å²) in [6.45, 7) is 2.05. The lowest BCUT2D eigenvalue weighted by molar-refractivity contribution is -0.110. The van der Waals surface area contributed by atoms with Gasteiger partial charge >= 0.3 is 0 Å². The maximum Gasteiger partial charge on any atom is 0.198 e. The van der Waals surface area contributed by atoms with Crippen molar-refractivity contribution in [3.05, 3.63) is 29.3 Å². The van der Waals surface area contributed by atoms with Crippen molar-refractivity contribution < 1.29 is 4.79 Å². The monoisotopic (exact) mass is 164 g/mol. The minimum absolute atomic E-state index is 0.269. The number of fused-ring (bicyclic) bond motifs is 1. The van der Waals surface area contributed by atoms with E-state index in [9.17, 15) is 4.79 Å². The van der Waals surface area contributed by atoms with Gasteiger partial charge in [0.2, 0.25) is 0 Å². The van der Waals surface area contributed by atoms with Crippen molar-refractivity contribution in [3.8, 4) is 0 Å². The molecule has 1 aliphatic heterocycles. The molecule has 11 heavy (non-hydrogen) atoms. The molecule has 0 amide bonds. The largest absolute Gasteiger partial charge is 0.286 e. The van der Waals surface area contributed by atoms with Crippen molar-refractivity contribution in [3.63, 3.8) is 0 Å². The first-order valence-corrected chi connectivity index (χ1v) is 4.37. The molecule has 0 radical (unpaired) electrons. The number of benzene rings is 1. The lowest BCUT2D eigenvalue weighted by atomic mass is 10.1. The van der Waals surface area contributed by atoms with E-state index in [2.05, 4.69) is 6.07 Å². The van der Waals surface area contributed by atoms with Gasteiger partial charge in [-0.1, -0.05) is 29.5 Å². The highest BCUT2D eigenvalue weighted by Gasteiger charge is 2.18. The molecule has 0 saturated heterocycles. The Hall–Kier alpha value is -0.760. The van der Waals surface area contributed by atoms with Gasteiger partial charge < -0.3 is 0 Å². The molecule has 1 aromatic rings. The molecule has 56 valence electrons. The molecule has 0 N–H and O–H groups in total. The number of carbonyl (C=O) groups is 1. The van der Waals surface area contributed by atoms with E-state index in [0.717, 1.165) is 4.90 Å². The second-order valence-electron chi connectivity index (χ2n) is 2.76. The molecular formula is C9H8OS. The lowest BCUT2D eigenvalue weighted by Crippen LogP contribution is -1.86. The summed E-state index contributed by atoms with van der Waals surface area (Å²) in [5, 5.41) is 0.269. The van der Waals surface area contributed by atoms with Crippen LogP contribution in [0.25, 0.3) is 0 Å². The maximum absolute atomic E-state index is 11.0. The van der Waals surface area contributed by atoms with Crippen LogP contribution in [0.3, 0.4) is 0 Å². The molecule has 0 atom stereocenters. The highest BCUT2D eigenvalue weighted by Crippen LogP contribution is 2.32. The van der Waals surface area contributed by atoms with Gasteiger partial charge in [-0.05, 0) is 18.6 Å². The Bertz CT molecular complexity index is 317. The number of rotatable bonds is 0. The number of aryl methyl sites for hydroxylation is 1. The van der Waals surface area contributed by atoms with E-state index in [1.807, 2.05) is 19.1 Å². The molecule has 1 aliphatic rings. The van der Waals surface area contributed by atoms with Crippen LogP contribution >= 0.6 is 11.8 Å². The predicted molar refractivity (Wildman–Crippen MR) is 45.7 cm³/mol. The van der Waals surface area contributed by atoms with Gasteiger partial charge in [-0.3, -0.25) is 4.79 Å². The molecule has 0 saturated carbocycles. The summed E-state index contributed by atoms with van der Waals surface area (Å²) in [4.78, 5) is 12.1. The number of carbonyl (C=O) groups excluding carboxylic acids is 1. The van der Waals surface area contributed by atoms with Crippen LogP contribution in [0.2, 0.25) is 0 Å². The van der Waals surface area contributed by atoms with Gasteiger partial charge in [-0.2, -0.15) is 0 Å². The van der Waals surface area contributed by atoms with Crippen molar-refractivity contribution in [2.45, 2.75) is 18.2 Å². The van der Waals surface area contributed by atoms with E-state index in [4.69, 9.17) is 0 Å². The van der Waals surface area contributed by atoms with E-state index < -0.39 is 0 Å². The van der Waals surface area contributed by atoms with Crippen molar-refractivity contribution in [2.24, 2.45) is 0 Å². The fourth-order valence-corrected chi connectivity index (χ4v) is 2.13. The zero-order chi connectivity index (χ0) is 7.84. The van der Waals surface area contributed by atoms with Gasteiger partial charge in [0.15, 0.2) is 5.12 Å². The average molecular weight is 164 g/mol. The standard InChI is InChI=1S/C9H8OS/c1-6-2-3-8-7(4-6)5-9(10)11-8/h2-4H,5H2,1H3. The van der Waals surface area contributed by atoms with Crippen molar-refractivity contribution in [2.75, 3.05) is 0 Å². The zero-order valence-corrected chi connectivity index (χ0v) is 7.07. The molecule has 2 rings (SSSR count). The van der Waals surface area contributed by atoms with Gasteiger partial charge in [0.1, 0.15) is 0 Å². The lowest BCUT2D eigenvalue weighted by Gasteiger charge is -1.96. The van der Waals surface area contributed by atoms with E-state index in [1.54, 1.807) is 0 Å².